The molecule has 26 heavy (non-hydrogen) atoms. The Bertz CT molecular complexity index is 771. The highest BCUT2D eigenvalue weighted by atomic mass is 35.5. The maximum Gasteiger partial charge on any atom is 0.266 e. The zero-order chi connectivity index (χ0) is 18.7. The third kappa shape index (κ3) is 4.80. The summed E-state index contributed by atoms with van der Waals surface area (Å²) >= 11 is 14.1. The quantitative estimate of drug-likeness (QED) is 0.554. The van der Waals surface area contributed by atoms with Crippen molar-refractivity contribution in [1.29, 1.82) is 0 Å². The number of hydrogen-bond acceptors (Lipinski definition) is 6. The molecule has 1 aromatic rings. The molecular formula is C17H17ClN2O3S3. The van der Waals surface area contributed by atoms with E-state index in [0.29, 0.717) is 25.8 Å². The molecular weight excluding hydrogens is 412 g/mol. The summed E-state index contributed by atoms with van der Waals surface area (Å²) in [7, 11) is 0. The lowest BCUT2D eigenvalue weighted by Gasteiger charge is -2.18. The van der Waals surface area contributed by atoms with Gasteiger partial charge in [-0.3, -0.25) is 14.5 Å². The Morgan fingerprint density at radius 2 is 2.27 bits per heavy atom. The summed E-state index contributed by atoms with van der Waals surface area (Å²) in [5, 5.41) is 13.2. The first-order valence-electron chi connectivity index (χ1n) is 8.00. The second kappa shape index (κ2) is 8.75. The molecule has 2 heterocycles. The van der Waals surface area contributed by atoms with Crippen LogP contribution >= 0.6 is 47.3 Å². The zero-order valence-corrected chi connectivity index (χ0v) is 16.9. The number of carbonyl (C=O) groups excluding carboxylic acids is 2. The lowest BCUT2D eigenvalue weighted by Crippen LogP contribution is -2.43. The van der Waals surface area contributed by atoms with Crippen molar-refractivity contribution in [3.05, 3.63) is 39.8 Å². The highest BCUT2D eigenvalue weighted by Gasteiger charge is 2.33. The van der Waals surface area contributed by atoms with Crippen molar-refractivity contribution in [2.75, 3.05) is 18.1 Å². The van der Waals surface area contributed by atoms with Crippen molar-refractivity contribution >= 4 is 69.6 Å². The monoisotopic (exact) mass is 428 g/mol. The minimum atomic E-state index is -0.513. The summed E-state index contributed by atoms with van der Waals surface area (Å²) in [6.45, 7) is 0.222. The second-order valence-corrected chi connectivity index (χ2v) is 9.10. The SMILES string of the molecule is O=C(CCN1C(=O)C(=Cc2cccc(Cl)c2)SC1=S)N[C@@H]1CSC[C@@H]1O. The Morgan fingerprint density at radius 1 is 1.46 bits per heavy atom. The van der Waals surface area contributed by atoms with Crippen molar-refractivity contribution in [3.8, 4) is 0 Å². The van der Waals surface area contributed by atoms with E-state index in [1.807, 2.05) is 12.1 Å². The summed E-state index contributed by atoms with van der Waals surface area (Å²) in [6.07, 6.45) is 1.38. The van der Waals surface area contributed by atoms with Gasteiger partial charge in [0.15, 0.2) is 0 Å². The molecule has 2 amide bonds. The average Bonchev–Trinajstić information content (AvgIpc) is 3.10. The van der Waals surface area contributed by atoms with Gasteiger partial charge in [-0.15, -0.1) is 0 Å². The van der Waals surface area contributed by atoms with E-state index in [2.05, 4.69) is 5.32 Å². The molecule has 2 aliphatic rings. The topological polar surface area (TPSA) is 69.6 Å². The van der Waals surface area contributed by atoms with E-state index in [4.69, 9.17) is 23.8 Å². The summed E-state index contributed by atoms with van der Waals surface area (Å²) in [5.74, 6) is 0.943. The molecule has 0 saturated carbocycles. The van der Waals surface area contributed by atoms with E-state index in [1.165, 1.54) is 16.7 Å². The molecule has 2 fully saturated rings. The van der Waals surface area contributed by atoms with E-state index >= 15 is 0 Å². The fraction of sp³-hybridized carbons (Fsp3) is 0.353. The Hall–Kier alpha value is -1.06. The smallest absolute Gasteiger partial charge is 0.266 e. The van der Waals surface area contributed by atoms with Gasteiger partial charge in [0, 0.05) is 29.5 Å². The Labute approximate surface area is 170 Å². The number of thioether (sulfide) groups is 2. The second-order valence-electron chi connectivity index (χ2n) is 5.92. The molecule has 2 saturated heterocycles. The van der Waals surface area contributed by atoms with Crippen LogP contribution in [0.15, 0.2) is 29.2 Å². The minimum absolute atomic E-state index is 0.144. The Kier molecular flexibility index (Phi) is 6.63. The number of aliphatic hydroxyl groups excluding tert-OH is 1. The van der Waals surface area contributed by atoms with Gasteiger partial charge < -0.3 is 10.4 Å². The van der Waals surface area contributed by atoms with Gasteiger partial charge in [-0.05, 0) is 23.8 Å². The van der Waals surface area contributed by atoms with Gasteiger partial charge in [0.05, 0.1) is 17.1 Å². The maximum absolute atomic E-state index is 12.6. The summed E-state index contributed by atoms with van der Waals surface area (Å²) in [4.78, 5) is 26.6. The van der Waals surface area contributed by atoms with Gasteiger partial charge >= 0.3 is 0 Å². The Balaban J connectivity index is 1.58. The number of thiocarbonyl (C=S) groups is 1. The van der Waals surface area contributed by atoms with E-state index in [-0.39, 0.29) is 30.8 Å². The fourth-order valence-electron chi connectivity index (χ4n) is 2.61. The number of benzene rings is 1. The number of amides is 2. The van der Waals surface area contributed by atoms with Crippen LogP contribution in [-0.4, -0.2) is 56.3 Å². The molecule has 0 radical (unpaired) electrons. The summed E-state index contributed by atoms with van der Waals surface area (Å²) < 4.78 is 0.438. The average molecular weight is 429 g/mol. The van der Waals surface area contributed by atoms with Crippen LogP contribution in [0.1, 0.15) is 12.0 Å². The first kappa shape index (κ1) is 19.7. The van der Waals surface area contributed by atoms with Gasteiger partial charge in [-0.25, -0.2) is 0 Å². The molecule has 9 heteroatoms. The van der Waals surface area contributed by atoms with Crippen LogP contribution < -0.4 is 5.32 Å². The number of aliphatic hydroxyl groups is 1. The number of nitrogens with zero attached hydrogens (tertiary/aromatic N) is 1. The summed E-state index contributed by atoms with van der Waals surface area (Å²) in [5.41, 5.74) is 0.823. The van der Waals surface area contributed by atoms with Gasteiger partial charge in [0.25, 0.3) is 5.91 Å². The third-order valence-electron chi connectivity index (χ3n) is 3.98. The first-order chi connectivity index (χ1) is 12.4. The van der Waals surface area contributed by atoms with Crippen molar-refractivity contribution < 1.29 is 14.7 Å². The normalized spacial score (nSPS) is 24.5. The summed E-state index contributed by atoms with van der Waals surface area (Å²) in [6, 6.07) is 6.99. The number of carbonyl (C=O) groups is 2. The number of hydrogen-bond donors (Lipinski definition) is 2. The van der Waals surface area contributed by atoms with Crippen molar-refractivity contribution in [2.45, 2.75) is 18.6 Å². The zero-order valence-electron chi connectivity index (χ0n) is 13.7. The molecule has 0 aliphatic carbocycles. The fourth-order valence-corrected chi connectivity index (χ4v) is 5.29. The van der Waals surface area contributed by atoms with Crippen molar-refractivity contribution in [3.63, 3.8) is 0 Å². The molecule has 2 atom stereocenters. The number of rotatable bonds is 5. The minimum Gasteiger partial charge on any atom is -0.390 e. The number of halogens is 1. The highest BCUT2D eigenvalue weighted by Crippen LogP contribution is 2.32. The molecule has 138 valence electrons. The molecule has 0 spiro atoms. The molecule has 2 N–H and O–H groups in total. The van der Waals surface area contributed by atoms with Crippen LogP contribution in [0.5, 0.6) is 0 Å². The van der Waals surface area contributed by atoms with Crippen LogP contribution in [0, 0.1) is 0 Å². The molecule has 0 unspecified atom stereocenters. The maximum atomic E-state index is 12.6. The molecule has 5 nitrogen and oxygen atoms in total. The Morgan fingerprint density at radius 3 is 2.96 bits per heavy atom. The van der Waals surface area contributed by atoms with Gasteiger partial charge in [-0.2, -0.15) is 11.8 Å². The molecule has 2 aliphatic heterocycles. The highest BCUT2D eigenvalue weighted by molar-refractivity contribution is 8.26. The van der Waals surface area contributed by atoms with Gasteiger partial charge in [0.1, 0.15) is 4.32 Å². The van der Waals surface area contributed by atoms with Gasteiger partial charge in [-0.1, -0.05) is 47.7 Å². The van der Waals surface area contributed by atoms with E-state index in [1.54, 1.807) is 30.0 Å². The molecule has 0 bridgehead atoms. The molecule has 3 rings (SSSR count). The lowest BCUT2D eigenvalue weighted by atomic mass is 10.2. The van der Waals surface area contributed by atoms with Crippen molar-refractivity contribution in [1.82, 2.24) is 10.2 Å². The van der Waals surface area contributed by atoms with Crippen LogP contribution in [0.25, 0.3) is 6.08 Å². The van der Waals surface area contributed by atoms with Crippen LogP contribution in [0.3, 0.4) is 0 Å². The first-order valence-corrected chi connectivity index (χ1v) is 10.8. The van der Waals surface area contributed by atoms with Gasteiger partial charge in [0.2, 0.25) is 5.91 Å². The van der Waals surface area contributed by atoms with Crippen LogP contribution in [-0.2, 0) is 9.59 Å². The van der Waals surface area contributed by atoms with E-state index < -0.39 is 6.10 Å². The van der Waals surface area contributed by atoms with Crippen LogP contribution in [0.4, 0.5) is 0 Å². The largest absolute Gasteiger partial charge is 0.390 e. The third-order valence-corrected chi connectivity index (χ3v) is 6.76. The van der Waals surface area contributed by atoms with E-state index in [0.717, 1.165) is 5.56 Å². The van der Waals surface area contributed by atoms with Crippen molar-refractivity contribution in [2.24, 2.45) is 0 Å². The standard InChI is InChI=1S/C17H17ClN2O3S3/c18-11-3-1-2-10(6-11)7-14-16(23)20(17(24)26-14)5-4-15(22)19-12-8-25-9-13(12)21/h1-3,6-7,12-13,21H,4-5,8-9H2,(H,19,22)/t12-,13+/m1/s1. The van der Waals surface area contributed by atoms with E-state index in [9.17, 15) is 14.7 Å². The lowest BCUT2D eigenvalue weighted by molar-refractivity contribution is -0.124. The molecule has 1 aromatic carbocycles. The van der Waals surface area contributed by atoms with Crippen LogP contribution in [0.2, 0.25) is 5.02 Å². The molecule has 0 aromatic heterocycles. The number of nitrogens with one attached hydrogen (secondary N) is 1. The predicted molar refractivity (Wildman–Crippen MR) is 111 cm³/mol. The predicted octanol–water partition coefficient (Wildman–Crippen LogP) is 2.52.